The zero-order chi connectivity index (χ0) is 27.0. The number of fused-ring (bicyclic) bond motifs is 3. The molecule has 3 heterocycles. The van der Waals surface area contributed by atoms with Crippen LogP contribution in [0.5, 0.6) is 0 Å². The molecule has 6 rings (SSSR count). The van der Waals surface area contributed by atoms with Crippen LogP contribution in [0.1, 0.15) is 49.7 Å². The molecule has 1 saturated carbocycles. The Bertz CT molecular complexity index is 1490. The van der Waals surface area contributed by atoms with E-state index in [1.165, 1.54) is 9.87 Å². The highest BCUT2D eigenvalue weighted by Gasteiger charge is 2.49. The molecule has 2 amide bonds. The highest BCUT2D eigenvalue weighted by Crippen LogP contribution is 2.40. The summed E-state index contributed by atoms with van der Waals surface area (Å²) in [6.07, 6.45) is 4.83. The number of aromatic nitrogens is 2. The number of nitrogens with one attached hydrogen (secondary N) is 1. The lowest BCUT2D eigenvalue weighted by atomic mass is 9.97. The van der Waals surface area contributed by atoms with Crippen molar-refractivity contribution in [3.8, 4) is 0 Å². The average molecular weight is 568 g/mol. The fraction of sp³-hybridized carbons (Fsp3) is 0.500. The van der Waals surface area contributed by atoms with Crippen LogP contribution in [0.3, 0.4) is 0 Å². The summed E-state index contributed by atoms with van der Waals surface area (Å²) in [5, 5.41) is 3.03. The lowest BCUT2D eigenvalue weighted by molar-refractivity contribution is -0.136. The Kier molecular flexibility index (Phi) is 7.39. The number of sulfonamides is 1. The molecule has 1 aromatic heterocycles. The number of hydrogen-bond acceptors (Lipinski definition) is 7. The van der Waals surface area contributed by atoms with Crippen LogP contribution in [0.15, 0.2) is 47.4 Å². The number of hydrogen-bond donors (Lipinski definition) is 1. The van der Waals surface area contributed by atoms with Gasteiger partial charge < -0.3 is 10.2 Å². The van der Waals surface area contributed by atoms with E-state index in [0.29, 0.717) is 56.5 Å². The Morgan fingerprint density at radius 1 is 0.949 bits per heavy atom. The summed E-state index contributed by atoms with van der Waals surface area (Å²) in [5.41, 5.74) is 3.31. The first kappa shape index (κ1) is 26.3. The summed E-state index contributed by atoms with van der Waals surface area (Å²) in [7, 11) is -4.00. The minimum atomic E-state index is -4.00. The topological polar surface area (TPSA) is 113 Å². The van der Waals surface area contributed by atoms with Crippen molar-refractivity contribution in [3.63, 3.8) is 0 Å². The third kappa shape index (κ3) is 5.07. The van der Waals surface area contributed by atoms with Crippen molar-refractivity contribution in [2.45, 2.75) is 62.4 Å². The zero-order valence-corrected chi connectivity index (χ0v) is 23.4. The summed E-state index contributed by atoms with van der Waals surface area (Å²) in [4.78, 5) is 29.2. The number of benzene rings is 2. The van der Waals surface area contributed by atoms with Crippen LogP contribution in [0.4, 0.5) is 0 Å². The quantitative estimate of drug-likeness (QED) is 0.520. The molecule has 206 valence electrons. The summed E-state index contributed by atoms with van der Waals surface area (Å²) in [6.45, 7) is 2.06. The van der Waals surface area contributed by atoms with Crippen LogP contribution in [-0.2, 0) is 32.6 Å². The van der Waals surface area contributed by atoms with E-state index >= 15 is 0 Å². The molecule has 0 bridgehead atoms. The van der Waals surface area contributed by atoms with Crippen molar-refractivity contribution in [3.05, 3.63) is 53.6 Å². The van der Waals surface area contributed by atoms with E-state index in [2.05, 4.69) is 26.2 Å². The van der Waals surface area contributed by atoms with Crippen LogP contribution in [-0.4, -0.2) is 63.9 Å². The molecule has 0 spiro atoms. The van der Waals surface area contributed by atoms with E-state index in [1.54, 1.807) is 18.2 Å². The minimum Gasteiger partial charge on any atom is -0.356 e. The van der Waals surface area contributed by atoms with Crippen molar-refractivity contribution >= 4 is 44.6 Å². The van der Waals surface area contributed by atoms with Crippen molar-refractivity contribution in [1.29, 1.82) is 0 Å². The Morgan fingerprint density at radius 3 is 2.64 bits per heavy atom. The van der Waals surface area contributed by atoms with E-state index < -0.39 is 27.9 Å². The molecule has 39 heavy (non-hydrogen) atoms. The molecule has 3 atom stereocenters. The van der Waals surface area contributed by atoms with Gasteiger partial charge in [0.1, 0.15) is 15.9 Å². The number of nitrogens with zero attached hydrogens (tertiary/aromatic N) is 4. The van der Waals surface area contributed by atoms with Crippen molar-refractivity contribution < 1.29 is 18.0 Å². The predicted octanol–water partition coefficient (Wildman–Crippen LogP) is 3.35. The maximum absolute atomic E-state index is 14.2. The number of amides is 2. The van der Waals surface area contributed by atoms with E-state index in [4.69, 9.17) is 0 Å². The van der Waals surface area contributed by atoms with Gasteiger partial charge in [-0.15, -0.1) is 0 Å². The Hall–Kier alpha value is -2.89. The smallest absolute Gasteiger partial charge is 0.245 e. The van der Waals surface area contributed by atoms with Crippen LogP contribution in [0.2, 0.25) is 0 Å². The highest BCUT2D eigenvalue weighted by molar-refractivity contribution is 7.89. The molecule has 0 unspecified atom stereocenters. The lowest BCUT2D eigenvalue weighted by Gasteiger charge is -2.32. The first-order valence-corrected chi connectivity index (χ1v) is 16.0. The molecule has 9 nitrogen and oxygen atoms in total. The molecule has 2 aliphatic heterocycles. The Balaban J connectivity index is 1.32. The maximum atomic E-state index is 14.2. The van der Waals surface area contributed by atoms with Gasteiger partial charge >= 0.3 is 0 Å². The van der Waals surface area contributed by atoms with Gasteiger partial charge in [0.05, 0.1) is 17.6 Å². The predicted molar refractivity (Wildman–Crippen MR) is 148 cm³/mol. The van der Waals surface area contributed by atoms with Crippen molar-refractivity contribution in [2.24, 2.45) is 11.8 Å². The van der Waals surface area contributed by atoms with Gasteiger partial charge in [-0.3, -0.25) is 9.59 Å². The fourth-order valence-corrected chi connectivity index (χ4v) is 8.89. The van der Waals surface area contributed by atoms with Gasteiger partial charge in [-0.25, -0.2) is 8.42 Å². The minimum absolute atomic E-state index is 0.0139. The van der Waals surface area contributed by atoms with Crippen LogP contribution in [0.25, 0.3) is 11.0 Å². The third-order valence-corrected chi connectivity index (χ3v) is 11.0. The van der Waals surface area contributed by atoms with Crippen LogP contribution < -0.4 is 5.32 Å². The first-order valence-electron chi connectivity index (χ1n) is 13.8. The molecule has 11 heteroatoms. The van der Waals surface area contributed by atoms with Gasteiger partial charge in [-0.05, 0) is 55.4 Å². The Morgan fingerprint density at radius 2 is 1.77 bits per heavy atom. The van der Waals surface area contributed by atoms with Gasteiger partial charge in [0.2, 0.25) is 21.8 Å². The fourth-order valence-electron chi connectivity index (χ4n) is 6.43. The lowest BCUT2D eigenvalue weighted by Crippen LogP contribution is -2.47. The van der Waals surface area contributed by atoms with Gasteiger partial charge in [0, 0.05) is 38.1 Å². The molecule has 3 aliphatic rings. The number of carbonyl (C=O) groups excluding carboxylic acids is 2. The second kappa shape index (κ2) is 10.9. The van der Waals surface area contributed by atoms with Gasteiger partial charge in [-0.1, -0.05) is 43.2 Å². The number of carbonyl (C=O) groups is 2. The molecule has 1 N–H and O–H groups in total. The van der Waals surface area contributed by atoms with Crippen molar-refractivity contribution in [1.82, 2.24) is 23.3 Å². The number of rotatable bonds is 3. The van der Waals surface area contributed by atoms with Crippen molar-refractivity contribution in [2.75, 3.05) is 19.6 Å². The van der Waals surface area contributed by atoms with Gasteiger partial charge in [0.25, 0.3) is 0 Å². The van der Waals surface area contributed by atoms with Gasteiger partial charge in [-0.2, -0.15) is 13.1 Å². The summed E-state index contributed by atoms with van der Waals surface area (Å²) >= 11 is 0.984. The molecule has 1 saturated heterocycles. The summed E-state index contributed by atoms with van der Waals surface area (Å²) in [5.74, 6) is -1.14. The normalized spacial score (nSPS) is 25.0. The first-order chi connectivity index (χ1) is 18.9. The summed E-state index contributed by atoms with van der Waals surface area (Å²) in [6, 6.07) is 12.6. The zero-order valence-electron chi connectivity index (χ0n) is 21.8. The van der Waals surface area contributed by atoms with E-state index in [1.807, 2.05) is 17.0 Å². The standard InChI is InChI=1S/C28H33N5O4S2/c34-27-22-16-21(28(35)32-15-12-19-8-3-4-9-20(19)18-32)17-24(22)33(14-6-2-1-5-13-29-27)39(36,37)25-11-7-10-23-26(25)31-38-30-23/h3-4,7-11,21-22,24H,1-2,5-6,12-18H2,(H,29,34)/t21-,22-,24+/m1/s1. The second-order valence-corrected chi connectivity index (χ2v) is 13.2. The summed E-state index contributed by atoms with van der Waals surface area (Å²) < 4.78 is 38.5. The molecule has 3 aromatic rings. The van der Waals surface area contributed by atoms with E-state index in [9.17, 15) is 18.0 Å². The maximum Gasteiger partial charge on any atom is 0.245 e. The van der Waals surface area contributed by atoms with Gasteiger partial charge in [0.15, 0.2) is 0 Å². The molecular weight excluding hydrogens is 534 g/mol. The Labute approximate surface area is 233 Å². The van der Waals surface area contributed by atoms with E-state index in [-0.39, 0.29) is 16.7 Å². The molecule has 0 radical (unpaired) electrons. The monoisotopic (exact) mass is 567 g/mol. The van der Waals surface area contributed by atoms with E-state index in [0.717, 1.165) is 43.0 Å². The molecule has 1 aliphatic carbocycles. The SMILES string of the molecule is O=C1NCCCCCCN(S(=O)(=O)c2cccc3nsnc23)[C@H]2C[C@H](C(=O)N3CCc4ccccc4C3)C[C@@H]12. The largest absolute Gasteiger partial charge is 0.356 e. The second-order valence-electron chi connectivity index (χ2n) is 10.8. The third-order valence-electron chi connectivity index (χ3n) is 8.47. The molecule has 2 fully saturated rings. The molecule has 2 aromatic carbocycles. The van der Waals surface area contributed by atoms with Crippen LogP contribution >= 0.6 is 11.7 Å². The molecular formula is C28H33N5O4S2. The van der Waals surface area contributed by atoms with Crippen LogP contribution in [0, 0.1) is 11.8 Å². The average Bonchev–Trinajstić information content (AvgIpc) is 3.60. The highest BCUT2D eigenvalue weighted by atomic mass is 32.2.